The number of rotatable bonds is 9. The molecule has 0 unspecified atom stereocenters. The van der Waals surface area contributed by atoms with Crippen LogP contribution in [-0.4, -0.2) is 34.0 Å². The van der Waals surface area contributed by atoms with Crippen LogP contribution in [0.3, 0.4) is 0 Å². The molecule has 2 N–H and O–H groups in total. The molecule has 2 heterocycles. The Morgan fingerprint density at radius 3 is 2.73 bits per heavy atom. The molecule has 0 atom stereocenters. The Morgan fingerprint density at radius 1 is 1.10 bits per heavy atom. The van der Waals surface area contributed by atoms with E-state index in [2.05, 4.69) is 32.2 Å². The van der Waals surface area contributed by atoms with Gasteiger partial charge in [-0.1, -0.05) is 6.58 Å². The third-order valence-electron chi connectivity index (χ3n) is 3.90. The molecule has 0 aliphatic heterocycles. The summed E-state index contributed by atoms with van der Waals surface area (Å²) in [5.41, 5.74) is 2.01. The Morgan fingerprint density at radius 2 is 1.97 bits per heavy atom. The fourth-order valence-electron chi connectivity index (χ4n) is 2.46. The predicted octanol–water partition coefficient (Wildman–Crippen LogP) is 3.33. The van der Waals surface area contributed by atoms with Gasteiger partial charge in [0.15, 0.2) is 18.2 Å². The van der Waals surface area contributed by atoms with Gasteiger partial charge in [-0.2, -0.15) is 0 Å². The molecule has 0 radical (unpaired) electrons. The summed E-state index contributed by atoms with van der Waals surface area (Å²) in [6, 6.07) is 6.76. The zero-order chi connectivity index (χ0) is 21.3. The van der Waals surface area contributed by atoms with Crippen molar-refractivity contribution in [1.82, 2.24) is 20.3 Å². The van der Waals surface area contributed by atoms with Crippen LogP contribution in [0.5, 0.6) is 5.75 Å². The van der Waals surface area contributed by atoms with Gasteiger partial charge in [0, 0.05) is 42.7 Å². The summed E-state index contributed by atoms with van der Waals surface area (Å²) in [5, 5.41) is 5.70. The van der Waals surface area contributed by atoms with E-state index in [-0.39, 0.29) is 12.4 Å². The van der Waals surface area contributed by atoms with Crippen molar-refractivity contribution in [2.45, 2.75) is 6.42 Å². The van der Waals surface area contributed by atoms with Crippen molar-refractivity contribution in [3.8, 4) is 17.0 Å². The number of hydrogen-bond acceptors (Lipinski definition) is 6. The van der Waals surface area contributed by atoms with Crippen LogP contribution in [0.1, 0.15) is 6.42 Å². The largest absolute Gasteiger partial charge is 0.484 e. The number of nitrogens with one attached hydrogen (secondary N) is 2. The van der Waals surface area contributed by atoms with Gasteiger partial charge >= 0.3 is 0 Å². The minimum Gasteiger partial charge on any atom is -0.484 e. The lowest BCUT2D eigenvalue weighted by Crippen LogP contribution is -2.28. The van der Waals surface area contributed by atoms with Crippen LogP contribution in [0.25, 0.3) is 11.3 Å². The molecular formula is C21H19F2N5O2. The first-order chi connectivity index (χ1) is 14.5. The Kier molecular flexibility index (Phi) is 6.99. The van der Waals surface area contributed by atoms with Crippen molar-refractivity contribution >= 4 is 11.7 Å². The zero-order valence-electron chi connectivity index (χ0n) is 15.9. The molecule has 0 aliphatic rings. The van der Waals surface area contributed by atoms with Gasteiger partial charge in [-0.05, 0) is 24.3 Å². The number of pyridine rings is 1. The number of benzene rings is 1. The minimum absolute atomic E-state index is 0.0587. The summed E-state index contributed by atoms with van der Waals surface area (Å²) in [6.07, 6.45) is 7.07. The average molecular weight is 411 g/mol. The van der Waals surface area contributed by atoms with E-state index in [0.29, 0.717) is 30.2 Å². The monoisotopic (exact) mass is 411 g/mol. The number of halogens is 2. The van der Waals surface area contributed by atoms with E-state index in [9.17, 15) is 13.6 Å². The molecule has 1 amide bonds. The van der Waals surface area contributed by atoms with Crippen molar-refractivity contribution in [3.05, 3.63) is 79.0 Å². The minimum atomic E-state index is -1.04. The van der Waals surface area contributed by atoms with Gasteiger partial charge in [-0.25, -0.2) is 13.8 Å². The number of amides is 1. The molecule has 0 spiro atoms. The molecule has 1 aromatic carbocycles. The van der Waals surface area contributed by atoms with E-state index >= 15 is 0 Å². The van der Waals surface area contributed by atoms with Crippen molar-refractivity contribution in [2.24, 2.45) is 0 Å². The van der Waals surface area contributed by atoms with Gasteiger partial charge in [-0.15, -0.1) is 0 Å². The molecule has 3 rings (SSSR count). The van der Waals surface area contributed by atoms with Crippen LogP contribution >= 0.6 is 0 Å². The van der Waals surface area contributed by atoms with Crippen LogP contribution < -0.4 is 15.4 Å². The molecule has 9 heteroatoms. The van der Waals surface area contributed by atoms with Crippen molar-refractivity contribution in [3.63, 3.8) is 0 Å². The maximum absolute atomic E-state index is 13.1. The summed E-state index contributed by atoms with van der Waals surface area (Å²) in [6.45, 7) is 3.91. The van der Waals surface area contributed by atoms with Crippen molar-refractivity contribution in [2.75, 3.05) is 18.5 Å². The number of hydrogen-bond donors (Lipinski definition) is 2. The van der Waals surface area contributed by atoms with Gasteiger partial charge in [0.1, 0.15) is 11.6 Å². The third kappa shape index (κ3) is 6.06. The molecule has 0 bridgehead atoms. The molecule has 30 heavy (non-hydrogen) atoms. The lowest BCUT2D eigenvalue weighted by atomic mass is 10.2. The van der Waals surface area contributed by atoms with E-state index in [4.69, 9.17) is 4.74 Å². The summed E-state index contributed by atoms with van der Waals surface area (Å²) in [4.78, 5) is 24.6. The molecule has 7 nitrogen and oxygen atoms in total. The summed E-state index contributed by atoms with van der Waals surface area (Å²) >= 11 is 0. The molecule has 3 aromatic rings. The van der Waals surface area contributed by atoms with E-state index < -0.39 is 17.5 Å². The Bertz CT molecular complexity index is 1030. The number of ether oxygens (including phenoxy) is 1. The SMILES string of the molecule is C=C(CCNc1cncc(-c2cccnc2)n1)NC(=O)COc1ccc(F)c(F)c1. The molecule has 2 aromatic heterocycles. The maximum atomic E-state index is 13.1. The van der Waals surface area contributed by atoms with Gasteiger partial charge in [0.25, 0.3) is 5.91 Å². The summed E-state index contributed by atoms with van der Waals surface area (Å²) in [5.74, 6) is -1.84. The fraction of sp³-hybridized carbons (Fsp3) is 0.143. The normalized spacial score (nSPS) is 10.3. The lowest BCUT2D eigenvalue weighted by molar-refractivity contribution is -0.122. The lowest BCUT2D eigenvalue weighted by Gasteiger charge is -2.11. The van der Waals surface area contributed by atoms with E-state index in [1.54, 1.807) is 24.8 Å². The number of carbonyl (C=O) groups excluding carboxylic acids is 1. The Hall–Kier alpha value is -3.88. The van der Waals surface area contributed by atoms with Crippen LogP contribution in [0, 0.1) is 11.6 Å². The Balaban J connectivity index is 1.41. The van der Waals surface area contributed by atoms with Gasteiger partial charge < -0.3 is 15.4 Å². The van der Waals surface area contributed by atoms with Gasteiger partial charge in [-0.3, -0.25) is 14.8 Å². The number of carbonyl (C=O) groups is 1. The molecule has 154 valence electrons. The average Bonchev–Trinajstić information content (AvgIpc) is 2.75. The topological polar surface area (TPSA) is 89.0 Å². The van der Waals surface area contributed by atoms with Crippen LogP contribution in [0.4, 0.5) is 14.6 Å². The molecule has 0 fully saturated rings. The highest BCUT2D eigenvalue weighted by Crippen LogP contribution is 2.16. The van der Waals surface area contributed by atoms with Gasteiger partial charge in [0.2, 0.25) is 0 Å². The second-order valence-electron chi connectivity index (χ2n) is 6.22. The number of anilines is 1. The maximum Gasteiger partial charge on any atom is 0.262 e. The fourth-order valence-corrected chi connectivity index (χ4v) is 2.46. The second-order valence-corrected chi connectivity index (χ2v) is 6.22. The van der Waals surface area contributed by atoms with E-state index in [0.717, 1.165) is 17.7 Å². The third-order valence-corrected chi connectivity index (χ3v) is 3.90. The molecule has 0 saturated heterocycles. The number of aromatic nitrogens is 3. The van der Waals surface area contributed by atoms with Crippen molar-refractivity contribution in [1.29, 1.82) is 0 Å². The smallest absolute Gasteiger partial charge is 0.262 e. The van der Waals surface area contributed by atoms with Gasteiger partial charge in [0.05, 0.1) is 18.1 Å². The predicted molar refractivity (Wildman–Crippen MR) is 108 cm³/mol. The number of nitrogens with zero attached hydrogens (tertiary/aromatic N) is 3. The first-order valence-corrected chi connectivity index (χ1v) is 9.03. The highest BCUT2D eigenvalue weighted by atomic mass is 19.2. The molecule has 0 saturated carbocycles. The van der Waals surface area contributed by atoms with Crippen molar-refractivity contribution < 1.29 is 18.3 Å². The second kappa shape index (κ2) is 10.1. The van der Waals surface area contributed by atoms with E-state index in [1.807, 2.05) is 12.1 Å². The zero-order valence-corrected chi connectivity index (χ0v) is 15.9. The molecule has 0 aliphatic carbocycles. The van der Waals surface area contributed by atoms with E-state index in [1.165, 1.54) is 6.07 Å². The Labute approximate surface area is 171 Å². The summed E-state index contributed by atoms with van der Waals surface area (Å²) in [7, 11) is 0. The highest BCUT2D eigenvalue weighted by Gasteiger charge is 2.08. The van der Waals surface area contributed by atoms with Crippen LogP contribution in [0.15, 0.2) is 67.4 Å². The summed E-state index contributed by atoms with van der Waals surface area (Å²) < 4.78 is 31.1. The van der Waals surface area contributed by atoms with Crippen LogP contribution in [0.2, 0.25) is 0 Å². The van der Waals surface area contributed by atoms with Crippen LogP contribution in [-0.2, 0) is 4.79 Å². The standard InChI is InChI=1S/C21H19F2N5O2/c1-14(27-21(29)13-30-16-4-5-17(22)18(23)9-16)6-8-26-20-12-25-11-19(28-20)15-3-2-7-24-10-15/h2-5,7,9-12H,1,6,8,13H2,(H,26,28)(H,27,29). The first kappa shape index (κ1) is 20.8. The first-order valence-electron chi connectivity index (χ1n) is 9.03. The quantitative estimate of drug-likeness (QED) is 0.562. The molecular weight excluding hydrogens is 392 g/mol. The highest BCUT2D eigenvalue weighted by molar-refractivity contribution is 5.79.